The molecule has 0 N–H and O–H groups in total. The lowest BCUT2D eigenvalue weighted by molar-refractivity contribution is -0.137. The molecule has 1 aromatic rings. The van der Waals surface area contributed by atoms with E-state index in [-0.39, 0.29) is 18.1 Å². The van der Waals surface area contributed by atoms with E-state index in [1.807, 2.05) is 49.1 Å². The van der Waals surface area contributed by atoms with E-state index in [2.05, 4.69) is 0 Å². The topological polar surface area (TPSA) is 38.8 Å². The third-order valence-corrected chi connectivity index (χ3v) is 4.33. The van der Waals surface area contributed by atoms with Gasteiger partial charge in [-0.3, -0.25) is 4.79 Å². The van der Waals surface area contributed by atoms with Crippen LogP contribution in [-0.2, 0) is 14.3 Å². The lowest BCUT2D eigenvalue weighted by Gasteiger charge is -2.32. The Labute approximate surface area is 139 Å². The molecule has 1 aliphatic rings. The number of carbonyl (C=O) groups excluding carboxylic acids is 1. The maximum Gasteiger partial charge on any atom is 0.230 e. The highest BCUT2D eigenvalue weighted by atomic mass is 16.7. The normalized spacial score (nSPS) is 15.8. The molecule has 1 aromatic carbocycles. The number of amides is 1. The highest BCUT2D eigenvalue weighted by Crippen LogP contribution is 2.28. The zero-order valence-electron chi connectivity index (χ0n) is 14.4. The second kappa shape index (κ2) is 9.68. The lowest BCUT2D eigenvalue weighted by atomic mass is 9.88. The molecular weight excluding hydrogens is 290 g/mol. The summed E-state index contributed by atoms with van der Waals surface area (Å²) in [5, 5.41) is 0. The molecule has 0 aliphatic heterocycles. The second-order valence-corrected chi connectivity index (χ2v) is 5.96. The van der Waals surface area contributed by atoms with Crippen molar-refractivity contribution in [2.24, 2.45) is 5.92 Å². The minimum absolute atomic E-state index is 0.132. The Kier molecular flexibility index (Phi) is 7.56. The van der Waals surface area contributed by atoms with E-state index in [1.54, 1.807) is 0 Å². The molecule has 0 atom stereocenters. The van der Waals surface area contributed by atoms with Crippen LogP contribution in [0.4, 0.5) is 5.69 Å². The fourth-order valence-corrected chi connectivity index (χ4v) is 3.17. The molecule has 0 spiro atoms. The molecule has 1 amide bonds. The summed E-state index contributed by atoms with van der Waals surface area (Å²) < 4.78 is 11.3. The van der Waals surface area contributed by atoms with Crippen molar-refractivity contribution < 1.29 is 14.3 Å². The quantitative estimate of drug-likeness (QED) is 0.680. The molecule has 0 aromatic heterocycles. The summed E-state index contributed by atoms with van der Waals surface area (Å²) >= 11 is 0. The number of hydrogen-bond donors (Lipinski definition) is 0. The van der Waals surface area contributed by atoms with Gasteiger partial charge in [0.2, 0.25) is 5.91 Å². The van der Waals surface area contributed by atoms with E-state index in [9.17, 15) is 4.79 Å². The van der Waals surface area contributed by atoms with Gasteiger partial charge in [-0.1, -0.05) is 37.5 Å². The van der Waals surface area contributed by atoms with Gasteiger partial charge in [0.25, 0.3) is 0 Å². The zero-order valence-corrected chi connectivity index (χ0v) is 14.4. The van der Waals surface area contributed by atoms with Gasteiger partial charge in [-0.2, -0.15) is 0 Å². The molecule has 4 heteroatoms. The standard InChI is InChI=1S/C19H29NO3/c1-3-22-18(23-4-2)15-20(17-13-9-6-10-14-17)19(21)16-11-7-5-8-12-16/h6,9-10,13-14,16,18H,3-5,7-8,11-12,15H2,1-2H3. The molecule has 128 valence electrons. The van der Waals surface area contributed by atoms with Gasteiger partial charge >= 0.3 is 0 Å². The van der Waals surface area contributed by atoms with Gasteiger partial charge < -0.3 is 14.4 Å². The molecule has 1 fully saturated rings. The first-order valence-corrected chi connectivity index (χ1v) is 8.85. The minimum atomic E-state index is -0.377. The first-order chi connectivity index (χ1) is 11.3. The van der Waals surface area contributed by atoms with Crippen LogP contribution in [0, 0.1) is 5.92 Å². The van der Waals surface area contributed by atoms with Crippen LogP contribution in [0.1, 0.15) is 46.0 Å². The molecule has 0 saturated heterocycles. The van der Waals surface area contributed by atoms with E-state index in [0.29, 0.717) is 19.8 Å². The molecule has 0 unspecified atom stereocenters. The van der Waals surface area contributed by atoms with Gasteiger partial charge in [-0.05, 0) is 38.8 Å². The lowest BCUT2D eigenvalue weighted by Crippen LogP contribution is -2.43. The Balaban J connectivity index is 2.15. The Bertz CT molecular complexity index is 451. The number of para-hydroxylation sites is 1. The number of ether oxygens (including phenoxy) is 2. The zero-order chi connectivity index (χ0) is 16.5. The minimum Gasteiger partial charge on any atom is -0.351 e. The molecule has 0 bridgehead atoms. The van der Waals surface area contributed by atoms with Crippen molar-refractivity contribution in [1.82, 2.24) is 0 Å². The summed E-state index contributed by atoms with van der Waals surface area (Å²) in [6.07, 6.45) is 5.17. The molecular formula is C19H29NO3. The third-order valence-electron chi connectivity index (χ3n) is 4.33. The van der Waals surface area contributed by atoms with E-state index in [1.165, 1.54) is 6.42 Å². The predicted molar refractivity (Wildman–Crippen MR) is 92.4 cm³/mol. The Morgan fingerprint density at radius 1 is 1.09 bits per heavy atom. The van der Waals surface area contributed by atoms with Crippen molar-refractivity contribution in [3.63, 3.8) is 0 Å². The molecule has 23 heavy (non-hydrogen) atoms. The number of nitrogens with zero attached hydrogens (tertiary/aromatic N) is 1. The first-order valence-electron chi connectivity index (χ1n) is 8.85. The summed E-state index contributed by atoms with van der Waals surface area (Å²) in [5.74, 6) is 0.341. The number of hydrogen-bond acceptors (Lipinski definition) is 3. The van der Waals surface area contributed by atoms with E-state index in [4.69, 9.17) is 9.47 Å². The van der Waals surface area contributed by atoms with Crippen LogP contribution in [0.2, 0.25) is 0 Å². The van der Waals surface area contributed by atoms with Crippen LogP contribution in [0.25, 0.3) is 0 Å². The molecule has 4 nitrogen and oxygen atoms in total. The molecule has 0 radical (unpaired) electrons. The monoisotopic (exact) mass is 319 g/mol. The predicted octanol–water partition coefficient (Wildman–Crippen LogP) is 4.00. The summed E-state index contributed by atoms with van der Waals surface area (Å²) in [6, 6.07) is 9.86. The summed E-state index contributed by atoms with van der Waals surface area (Å²) in [6.45, 7) is 5.49. The fourth-order valence-electron chi connectivity index (χ4n) is 3.17. The van der Waals surface area contributed by atoms with Crippen LogP contribution >= 0.6 is 0 Å². The van der Waals surface area contributed by atoms with Gasteiger partial charge in [0.15, 0.2) is 6.29 Å². The van der Waals surface area contributed by atoms with Gasteiger partial charge in [-0.15, -0.1) is 0 Å². The van der Waals surface area contributed by atoms with Crippen molar-refractivity contribution in [3.05, 3.63) is 30.3 Å². The highest BCUT2D eigenvalue weighted by Gasteiger charge is 2.29. The van der Waals surface area contributed by atoms with Crippen LogP contribution in [0.15, 0.2) is 30.3 Å². The smallest absolute Gasteiger partial charge is 0.230 e. The van der Waals surface area contributed by atoms with Gasteiger partial charge in [0, 0.05) is 24.8 Å². The molecule has 2 rings (SSSR count). The number of rotatable bonds is 8. The maximum absolute atomic E-state index is 13.1. The second-order valence-electron chi connectivity index (χ2n) is 5.96. The van der Waals surface area contributed by atoms with Crippen molar-refractivity contribution in [2.75, 3.05) is 24.7 Å². The van der Waals surface area contributed by atoms with Gasteiger partial charge in [0.05, 0.1) is 6.54 Å². The Morgan fingerprint density at radius 2 is 1.70 bits per heavy atom. The Morgan fingerprint density at radius 3 is 2.26 bits per heavy atom. The third kappa shape index (κ3) is 5.33. The average molecular weight is 319 g/mol. The van der Waals surface area contributed by atoms with Crippen molar-refractivity contribution >= 4 is 11.6 Å². The van der Waals surface area contributed by atoms with Crippen LogP contribution in [0.5, 0.6) is 0 Å². The van der Waals surface area contributed by atoms with Gasteiger partial charge in [0.1, 0.15) is 0 Å². The van der Waals surface area contributed by atoms with Crippen LogP contribution in [0.3, 0.4) is 0 Å². The Hall–Kier alpha value is -1.39. The van der Waals surface area contributed by atoms with E-state index >= 15 is 0 Å². The number of carbonyl (C=O) groups is 1. The summed E-state index contributed by atoms with van der Waals surface area (Å²) in [4.78, 5) is 14.9. The van der Waals surface area contributed by atoms with Crippen LogP contribution < -0.4 is 4.90 Å². The van der Waals surface area contributed by atoms with E-state index in [0.717, 1.165) is 31.4 Å². The van der Waals surface area contributed by atoms with Crippen molar-refractivity contribution in [3.8, 4) is 0 Å². The fraction of sp³-hybridized carbons (Fsp3) is 0.632. The largest absolute Gasteiger partial charge is 0.351 e. The SMILES string of the molecule is CCOC(CN(C(=O)C1CCCCC1)c1ccccc1)OCC. The molecule has 1 saturated carbocycles. The number of benzene rings is 1. The summed E-state index contributed by atoms with van der Waals surface area (Å²) in [5.41, 5.74) is 0.924. The van der Waals surface area contributed by atoms with Crippen molar-refractivity contribution in [1.29, 1.82) is 0 Å². The number of anilines is 1. The molecule has 0 heterocycles. The summed E-state index contributed by atoms with van der Waals surface area (Å²) in [7, 11) is 0. The highest BCUT2D eigenvalue weighted by molar-refractivity contribution is 5.95. The van der Waals surface area contributed by atoms with Crippen LogP contribution in [-0.4, -0.2) is 32.0 Å². The van der Waals surface area contributed by atoms with Crippen molar-refractivity contribution in [2.45, 2.75) is 52.2 Å². The van der Waals surface area contributed by atoms with Gasteiger partial charge in [-0.25, -0.2) is 0 Å². The maximum atomic E-state index is 13.1. The van der Waals surface area contributed by atoms with E-state index < -0.39 is 0 Å². The average Bonchev–Trinajstić information content (AvgIpc) is 2.61. The molecule has 1 aliphatic carbocycles. The first kappa shape index (κ1) is 18.0.